The van der Waals surface area contributed by atoms with Crippen LogP contribution >= 0.6 is 11.3 Å². The quantitative estimate of drug-likeness (QED) is 0.912. The van der Waals surface area contributed by atoms with Gasteiger partial charge in [-0.05, 0) is 32.7 Å². The largest absolute Gasteiger partial charge is 0.297 e. The Morgan fingerprint density at radius 3 is 2.84 bits per heavy atom. The first-order valence-electron chi connectivity index (χ1n) is 6.60. The van der Waals surface area contributed by atoms with Crippen LogP contribution in [0.25, 0.3) is 4.96 Å². The summed E-state index contributed by atoms with van der Waals surface area (Å²) in [5.41, 5.74) is 3.07. The van der Waals surface area contributed by atoms with Crippen LogP contribution in [-0.2, 0) is 0 Å². The maximum Gasteiger partial charge on any atom is 0.194 e. The van der Waals surface area contributed by atoms with Crippen molar-refractivity contribution in [1.29, 1.82) is 5.26 Å². The van der Waals surface area contributed by atoms with Crippen molar-refractivity contribution >= 4 is 16.3 Å². The van der Waals surface area contributed by atoms with E-state index in [1.165, 1.54) is 0 Å². The molecule has 0 amide bonds. The number of rotatable bonds is 5. The van der Waals surface area contributed by atoms with E-state index in [-0.39, 0.29) is 6.04 Å². The molecule has 0 bridgehead atoms. The number of nitrogens with zero attached hydrogens (tertiary/aromatic N) is 3. The van der Waals surface area contributed by atoms with Crippen molar-refractivity contribution in [2.24, 2.45) is 5.92 Å². The van der Waals surface area contributed by atoms with Crippen molar-refractivity contribution in [3.05, 3.63) is 22.5 Å². The first kappa shape index (κ1) is 14.0. The van der Waals surface area contributed by atoms with Crippen LogP contribution in [0.5, 0.6) is 0 Å². The third-order valence-electron chi connectivity index (χ3n) is 3.23. The summed E-state index contributed by atoms with van der Waals surface area (Å²) in [5, 5.41) is 14.8. The fourth-order valence-corrected chi connectivity index (χ4v) is 3.10. The van der Waals surface area contributed by atoms with Gasteiger partial charge in [0.25, 0.3) is 0 Å². The minimum atomic E-state index is -0.290. The summed E-state index contributed by atoms with van der Waals surface area (Å²) < 4.78 is 2.09. The Kier molecular flexibility index (Phi) is 4.23. The van der Waals surface area contributed by atoms with Gasteiger partial charge in [-0.2, -0.15) is 5.26 Å². The fourth-order valence-electron chi connectivity index (χ4n) is 2.18. The predicted molar refractivity (Wildman–Crippen MR) is 78.4 cm³/mol. The molecule has 2 aromatic heterocycles. The normalized spacial score (nSPS) is 13.1. The zero-order chi connectivity index (χ0) is 14.0. The van der Waals surface area contributed by atoms with Crippen LogP contribution in [0.3, 0.4) is 0 Å². The zero-order valence-electron chi connectivity index (χ0n) is 11.9. The lowest BCUT2D eigenvalue weighted by Crippen LogP contribution is -2.24. The highest BCUT2D eigenvalue weighted by Crippen LogP contribution is 2.25. The van der Waals surface area contributed by atoms with Gasteiger partial charge in [0.05, 0.1) is 17.5 Å². The zero-order valence-corrected chi connectivity index (χ0v) is 12.7. The molecule has 0 saturated carbocycles. The number of fused-ring (bicyclic) bond motifs is 1. The summed E-state index contributed by atoms with van der Waals surface area (Å²) in [6.07, 6.45) is 1.07. The van der Waals surface area contributed by atoms with Gasteiger partial charge >= 0.3 is 0 Å². The molecule has 2 heterocycles. The smallest absolute Gasteiger partial charge is 0.194 e. The molecule has 0 spiro atoms. The van der Waals surface area contributed by atoms with Gasteiger partial charge in [-0.25, -0.2) is 4.98 Å². The highest BCUT2D eigenvalue weighted by Gasteiger charge is 2.20. The van der Waals surface area contributed by atoms with Gasteiger partial charge in [0.15, 0.2) is 4.96 Å². The van der Waals surface area contributed by atoms with Crippen LogP contribution in [0, 0.1) is 31.1 Å². The van der Waals surface area contributed by atoms with E-state index in [0.717, 1.165) is 35.0 Å². The van der Waals surface area contributed by atoms with Crippen LogP contribution in [0.15, 0.2) is 5.38 Å². The fraction of sp³-hybridized carbons (Fsp3) is 0.571. The molecule has 0 aliphatic rings. The minimum Gasteiger partial charge on any atom is -0.297 e. The Morgan fingerprint density at radius 2 is 2.21 bits per heavy atom. The van der Waals surface area contributed by atoms with Crippen molar-refractivity contribution in [2.45, 2.75) is 40.2 Å². The van der Waals surface area contributed by atoms with Crippen molar-refractivity contribution in [3.8, 4) is 6.07 Å². The van der Waals surface area contributed by atoms with E-state index in [9.17, 15) is 5.26 Å². The molecule has 0 aliphatic carbocycles. The number of hydrogen-bond donors (Lipinski definition) is 1. The topological polar surface area (TPSA) is 53.1 Å². The summed E-state index contributed by atoms with van der Waals surface area (Å²) in [6, 6.07) is 2.07. The first-order chi connectivity index (χ1) is 9.04. The van der Waals surface area contributed by atoms with E-state index >= 15 is 0 Å². The average molecular weight is 276 g/mol. The van der Waals surface area contributed by atoms with Crippen molar-refractivity contribution in [1.82, 2.24) is 14.7 Å². The van der Waals surface area contributed by atoms with Crippen molar-refractivity contribution in [3.63, 3.8) is 0 Å². The Hall–Kier alpha value is -1.38. The van der Waals surface area contributed by atoms with Crippen molar-refractivity contribution < 1.29 is 0 Å². The summed E-state index contributed by atoms with van der Waals surface area (Å²) in [5.74, 6) is 0.640. The van der Waals surface area contributed by atoms with Gasteiger partial charge in [0.2, 0.25) is 0 Å². The molecular formula is C14H20N4S. The second-order valence-electron chi connectivity index (χ2n) is 5.28. The van der Waals surface area contributed by atoms with Crippen LogP contribution < -0.4 is 5.32 Å². The van der Waals surface area contributed by atoms with Crippen LogP contribution in [0.1, 0.15) is 43.4 Å². The van der Waals surface area contributed by atoms with Gasteiger partial charge in [-0.15, -0.1) is 11.3 Å². The van der Waals surface area contributed by atoms with Gasteiger partial charge in [-0.1, -0.05) is 13.8 Å². The molecule has 5 heteroatoms. The Morgan fingerprint density at radius 1 is 1.47 bits per heavy atom. The number of nitrogens with one attached hydrogen (secondary N) is 1. The summed E-state index contributed by atoms with van der Waals surface area (Å²) in [6.45, 7) is 9.26. The van der Waals surface area contributed by atoms with E-state index < -0.39 is 0 Å². The third-order valence-corrected chi connectivity index (χ3v) is 4.17. The summed E-state index contributed by atoms with van der Waals surface area (Å²) in [7, 11) is 0. The molecule has 0 fully saturated rings. The van der Waals surface area contributed by atoms with Gasteiger partial charge in [0.1, 0.15) is 6.04 Å². The standard InChI is InChI=1S/C14H20N4S/c1-9(2)5-6-16-12(7-15)13-11(4)17-14-18(13)10(3)8-19-14/h8-9,12,16H,5-6H2,1-4H3. The van der Waals surface area contributed by atoms with E-state index in [0.29, 0.717) is 5.92 Å². The molecule has 1 N–H and O–H groups in total. The van der Waals surface area contributed by atoms with Gasteiger partial charge < -0.3 is 0 Å². The summed E-state index contributed by atoms with van der Waals surface area (Å²) >= 11 is 1.62. The SMILES string of the molecule is Cc1nc2scc(C)n2c1C(C#N)NCCC(C)C. The number of aromatic nitrogens is 2. The first-order valence-corrected chi connectivity index (χ1v) is 7.48. The summed E-state index contributed by atoms with van der Waals surface area (Å²) in [4.78, 5) is 5.50. The van der Waals surface area contributed by atoms with Crippen LogP contribution in [-0.4, -0.2) is 15.9 Å². The number of nitriles is 1. The average Bonchev–Trinajstić information content (AvgIpc) is 2.85. The van der Waals surface area contributed by atoms with Crippen LogP contribution in [0.2, 0.25) is 0 Å². The van der Waals surface area contributed by atoms with Crippen molar-refractivity contribution in [2.75, 3.05) is 6.54 Å². The molecule has 0 aliphatic heterocycles. The molecule has 0 radical (unpaired) electrons. The van der Waals surface area contributed by atoms with E-state index in [2.05, 4.69) is 46.9 Å². The van der Waals surface area contributed by atoms with E-state index in [1.807, 2.05) is 6.92 Å². The lowest BCUT2D eigenvalue weighted by Gasteiger charge is -2.13. The Balaban J connectivity index is 2.27. The number of aryl methyl sites for hydroxylation is 2. The number of imidazole rings is 1. The minimum absolute atomic E-state index is 0.290. The maximum atomic E-state index is 9.43. The highest BCUT2D eigenvalue weighted by atomic mass is 32.1. The lowest BCUT2D eigenvalue weighted by molar-refractivity contribution is 0.513. The Bertz CT molecular complexity index is 603. The molecule has 102 valence electrons. The molecule has 0 saturated heterocycles. The molecular weight excluding hydrogens is 256 g/mol. The highest BCUT2D eigenvalue weighted by molar-refractivity contribution is 7.15. The van der Waals surface area contributed by atoms with Gasteiger partial charge in [0, 0.05) is 11.1 Å². The second kappa shape index (κ2) is 5.72. The van der Waals surface area contributed by atoms with E-state index in [1.54, 1.807) is 11.3 Å². The molecule has 0 aromatic carbocycles. The molecule has 2 rings (SSSR count). The lowest BCUT2D eigenvalue weighted by atomic mass is 10.1. The van der Waals surface area contributed by atoms with Crippen LogP contribution in [0.4, 0.5) is 0 Å². The molecule has 2 aromatic rings. The number of thiazole rings is 1. The Labute approximate surface area is 118 Å². The predicted octanol–water partition coefficient (Wildman–Crippen LogP) is 3.21. The molecule has 1 atom stereocenters. The second-order valence-corrected chi connectivity index (χ2v) is 6.11. The van der Waals surface area contributed by atoms with Gasteiger partial charge in [-0.3, -0.25) is 9.72 Å². The molecule has 4 nitrogen and oxygen atoms in total. The third kappa shape index (κ3) is 2.80. The van der Waals surface area contributed by atoms with E-state index in [4.69, 9.17) is 0 Å². The monoisotopic (exact) mass is 276 g/mol. The number of hydrogen-bond acceptors (Lipinski definition) is 4. The molecule has 1 unspecified atom stereocenters. The molecule has 19 heavy (non-hydrogen) atoms. The maximum absolute atomic E-state index is 9.43.